The summed E-state index contributed by atoms with van der Waals surface area (Å²) in [6, 6.07) is 10.9. The number of benzene rings is 1. The topological polar surface area (TPSA) is 68.0 Å². The number of pyridine rings is 1. The van der Waals surface area contributed by atoms with E-state index in [0.717, 1.165) is 12.0 Å². The van der Waals surface area contributed by atoms with Gasteiger partial charge in [0, 0.05) is 5.56 Å². The molecule has 0 bridgehead atoms. The largest absolute Gasteiger partial charge is 0.397 e. The van der Waals surface area contributed by atoms with Crippen molar-refractivity contribution in [1.29, 1.82) is 0 Å². The zero-order valence-corrected chi connectivity index (χ0v) is 10.2. The molecule has 0 spiro atoms. The Balaban J connectivity index is 2.19. The molecule has 2 aromatic rings. The van der Waals surface area contributed by atoms with Crippen LogP contribution in [0.5, 0.6) is 0 Å². The summed E-state index contributed by atoms with van der Waals surface area (Å²) in [7, 11) is 0. The number of carbonyl (C=O) groups is 1. The smallest absolute Gasteiger partial charge is 0.257 e. The highest BCUT2D eigenvalue weighted by Gasteiger charge is 2.10. The predicted molar refractivity (Wildman–Crippen MR) is 72.4 cm³/mol. The van der Waals surface area contributed by atoms with E-state index in [1.54, 1.807) is 12.1 Å². The van der Waals surface area contributed by atoms with Gasteiger partial charge in [-0.2, -0.15) is 0 Å². The summed E-state index contributed by atoms with van der Waals surface area (Å²) in [4.78, 5) is 16.1. The number of aryl methyl sites for hydroxylation is 1. The van der Waals surface area contributed by atoms with E-state index in [1.807, 2.05) is 31.2 Å². The number of aromatic nitrogens is 1. The van der Waals surface area contributed by atoms with Gasteiger partial charge in [0.2, 0.25) is 0 Å². The molecule has 0 saturated heterocycles. The van der Waals surface area contributed by atoms with Gasteiger partial charge in [0.15, 0.2) is 0 Å². The van der Waals surface area contributed by atoms with Crippen molar-refractivity contribution in [2.45, 2.75) is 13.3 Å². The van der Waals surface area contributed by atoms with Crippen LogP contribution in [0.1, 0.15) is 22.8 Å². The molecular weight excluding hydrogens is 226 g/mol. The third-order valence-electron chi connectivity index (χ3n) is 2.67. The van der Waals surface area contributed by atoms with Gasteiger partial charge in [-0.25, -0.2) is 4.98 Å². The number of nitrogens with one attached hydrogen (secondary N) is 1. The fraction of sp³-hybridized carbons (Fsp3) is 0.143. The molecule has 3 N–H and O–H groups in total. The van der Waals surface area contributed by atoms with Crippen LogP contribution in [0.2, 0.25) is 0 Å². The molecule has 1 heterocycles. The summed E-state index contributed by atoms with van der Waals surface area (Å²) >= 11 is 0. The number of nitrogens with zero attached hydrogens (tertiary/aromatic N) is 1. The highest BCUT2D eigenvalue weighted by molar-refractivity contribution is 6.04. The van der Waals surface area contributed by atoms with Crippen LogP contribution in [0.15, 0.2) is 42.6 Å². The minimum atomic E-state index is -0.148. The van der Waals surface area contributed by atoms with Crippen LogP contribution >= 0.6 is 0 Å². The summed E-state index contributed by atoms with van der Waals surface area (Å²) in [6.07, 6.45) is 2.33. The van der Waals surface area contributed by atoms with Gasteiger partial charge in [-0.3, -0.25) is 4.79 Å². The lowest BCUT2D eigenvalue weighted by atomic mass is 10.0. The molecule has 0 aliphatic rings. The maximum Gasteiger partial charge on any atom is 0.257 e. The zero-order chi connectivity index (χ0) is 13.0. The average molecular weight is 241 g/mol. The third kappa shape index (κ3) is 2.66. The van der Waals surface area contributed by atoms with Crippen LogP contribution < -0.4 is 11.1 Å². The van der Waals surface area contributed by atoms with Gasteiger partial charge in [0.05, 0.1) is 11.9 Å². The van der Waals surface area contributed by atoms with E-state index in [9.17, 15) is 4.79 Å². The Morgan fingerprint density at radius 1 is 1.28 bits per heavy atom. The van der Waals surface area contributed by atoms with Gasteiger partial charge in [-0.05, 0) is 30.2 Å². The fourth-order valence-electron chi connectivity index (χ4n) is 1.71. The second kappa shape index (κ2) is 5.31. The first kappa shape index (κ1) is 12.1. The summed E-state index contributed by atoms with van der Waals surface area (Å²) in [5.41, 5.74) is 7.81. The molecule has 0 radical (unpaired) electrons. The molecule has 4 heteroatoms. The van der Waals surface area contributed by atoms with E-state index in [-0.39, 0.29) is 5.91 Å². The number of rotatable bonds is 3. The van der Waals surface area contributed by atoms with Gasteiger partial charge in [-0.1, -0.05) is 25.1 Å². The zero-order valence-electron chi connectivity index (χ0n) is 10.2. The lowest BCUT2D eigenvalue weighted by Crippen LogP contribution is -2.14. The molecule has 0 aliphatic carbocycles. The van der Waals surface area contributed by atoms with E-state index < -0.39 is 0 Å². The van der Waals surface area contributed by atoms with E-state index in [0.29, 0.717) is 17.1 Å². The first-order chi connectivity index (χ1) is 8.70. The first-order valence-corrected chi connectivity index (χ1v) is 5.81. The molecular formula is C14H15N3O. The number of hydrogen-bond donors (Lipinski definition) is 2. The van der Waals surface area contributed by atoms with Crippen molar-refractivity contribution in [3.05, 3.63) is 53.7 Å². The molecule has 1 aromatic carbocycles. The highest BCUT2D eigenvalue weighted by atomic mass is 16.1. The fourth-order valence-corrected chi connectivity index (χ4v) is 1.71. The second-order valence-electron chi connectivity index (χ2n) is 3.94. The van der Waals surface area contributed by atoms with Crippen LogP contribution in [0.4, 0.5) is 11.5 Å². The van der Waals surface area contributed by atoms with Gasteiger partial charge >= 0.3 is 0 Å². The molecule has 18 heavy (non-hydrogen) atoms. The van der Waals surface area contributed by atoms with Crippen molar-refractivity contribution in [2.75, 3.05) is 11.1 Å². The number of nitrogens with two attached hydrogens (primary N) is 1. The normalized spacial score (nSPS) is 10.1. The van der Waals surface area contributed by atoms with Crippen LogP contribution in [0, 0.1) is 0 Å². The molecule has 0 fully saturated rings. The van der Waals surface area contributed by atoms with Crippen molar-refractivity contribution in [3.63, 3.8) is 0 Å². The Morgan fingerprint density at radius 3 is 2.72 bits per heavy atom. The number of nitrogen functional groups attached to an aromatic ring is 1. The Labute approximate surface area is 106 Å². The molecule has 0 aliphatic heterocycles. The maximum absolute atomic E-state index is 12.1. The predicted octanol–water partition coefficient (Wildman–Crippen LogP) is 2.48. The van der Waals surface area contributed by atoms with Crippen LogP contribution in [0.25, 0.3) is 0 Å². The number of hydrogen-bond acceptors (Lipinski definition) is 3. The van der Waals surface area contributed by atoms with Crippen molar-refractivity contribution >= 4 is 17.4 Å². The van der Waals surface area contributed by atoms with E-state index in [4.69, 9.17) is 5.73 Å². The molecule has 2 rings (SSSR count). The Kier molecular flexibility index (Phi) is 3.57. The van der Waals surface area contributed by atoms with Gasteiger partial charge < -0.3 is 11.1 Å². The molecule has 92 valence electrons. The summed E-state index contributed by atoms with van der Waals surface area (Å²) in [6.45, 7) is 2.02. The quantitative estimate of drug-likeness (QED) is 0.867. The van der Waals surface area contributed by atoms with E-state index >= 15 is 0 Å². The monoisotopic (exact) mass is 241 g/mol. The minimum absolute atomic E-state index is 0.148. The molecule has 0 unspecified atom stereocenters. The van der Waals surface area contributed by atoms with Gasteiger partial charge in [-0.15, -0.1) is 0 Å². The standard InChI is InChI=1S/C14H15N3O/c1-2-10-5-3-4-6-12(10)14(18)17-13-8-7-11(15)9-16-13/h3-9H,2,15H2,1H3,(H,16,17,18). The van der Waals surface area contributed by atoms with Gasteiger partial charge in [0.1, 0.15) is 5.82 Å². The number of carbonyl (C=O) groups excluding carboxylic acids is 1. The molecule has 0 atom stereocenters. The SMILES string of the molecule is CCc1ccccc1C(=O)Nc1ccc(N)cn1. The molecule has 1 aromatic heterocycles. The Hall–Kier alpha value is -2.36. The highest BCUT2D eigenvalue weighted by Crippen LogP contribution is 2.12. The summed E-state index contributed by atoms with van der Waals surface area (Å²) < 4.78 is 0. The molecule has 4 nitrogen and oxygen atoms in total. The van der Waals surface area contributed by atoms with Crippen LogP contribution in [0.3, 0.4) is 0 Å². The lowest BCUT2D eigenvalue weighted by Gasteiger charge is -2.08. The van der Waals surface area contributed by atoms with Crippen LogP contribution in [-0.4, -0.2) is 10.9 Å². The number of amides is 1. The van der Waals surface area contributed by atoms with Crippen molar-refractivity contribution in [3.8, 4) is 0 Å². The minimum Gasteiger partial charge on any atom is -0.397 e. The van der Waals surface area contributed by atoms with E-state index in [1.165, 1.54) is 6.20 Å². The van der Waals surface area contributed by atoms with Crippen molar-refractivity contribution < 1.29 is 4.79 Å². The summed E-state index contributed by atoms with van der Waals surface area (Å²) in [5.74, 6) is 0.352. The lowest BCUT2D eigenvalue weighted by molar-refractivity contribution is 0.102. The van der Waals surface area contributed by atoms with Crippen LogP contribution in [-0.2, 0) is 6.42 Å². The third-order valence-corrected chi connectivity index (χ3v) is 2.67. The Bertz CT molecular complexity index is 549. The average Bonchev–Trinajstić information content (AvgIpc) is 2.41. The summed E-state index contributed by atoms with van der Waals surface area (Å²) in [5, 5.41) is 2.75. The Morgan fingerprint density at radius 2 is 2.06 bits per heavy atom. The number of anilines is 2. The maximum atomic E-state index is 12.1. The van der Waals surface area contributed by atoms with Gasteiger partial charge in [0.25, 0.3) is 5.91 Å². The second-order valence-corrected chi connectivity index (χ2v) is 3.94. The van der Waals surface area contributed by atoms with Crippen molar-refractivity contribution in [1.82, 2.24) is 4.98 Å². The molecule has 0 saturated carbocycles. The molecule has 1 amide bonds. The van der Waals surface area contributed by atoms with Crippen molar-refractivity contribution in [2.24, 2.45) is 0 Å². The van der Waals surface area contributed by atoms with E-state index in [2.05, 4.69) is 10.3 Å². The first-order valence-electron chi connectivity index (χ1n) is 5.81.